The SMILES string of the molecule is CC[C@@H]1CN(Cc2ccc(F)c(F)c2)C(=O)O1. The average Bonchev–Trinajstić information content (AvgIpc) is 2.65. The highest BCUT2D eigenvalue weighted by Crippen LogP contribution is 2.18. The molecular weight excluding hydrogens is 228 g/mol. The summed E-state index contributed by atoms with van der Waals surface area (Å²) in [4.78, 5) is 12.9. The van der Waals surface area contributed by atoms with E-state index in [1.807, 2.05) is 6.92 Å². The van der Waals surface area contributed by atoms with Crippen molar-refractivity contribution in [3.63, 3.8) is 0 Å². The van der Waals surface area contributed by atoms with Crippen molar-refractivity contribution in [2.75, 3.05) is 6.54 Å². The molecule has 2 rings (SSSR count). The molecular formula is C12H13F2NO2. The second-order valence-corrected chi connectivity index (χ2v) is 4.04. The number of nitrogens with zero attached hydrogens (tertiary/aromatic N) is 1. The lowest BCUT2D eigenvalue weighted by atomic mass is 10.2. The Morgan fingerprint density at radius 2 is 2.18 bits per heavy atom. The third-order valence-electron chi connectivity index (χ3n) is 2.76. The van der Waals surface area contributed by atoms with Crippen LogP contribution in [0, 0.1) is 11.6 Å². The van der Waals surface area contributed by atoms with E-state index in [0.29, 0.717) is 12.1 Å². The van der Waals surface area contributed by atoms with E-state index in [1.165, 1.54) is 11.0 Å². The second kappa shape index (κ2) is 4.69. The molecule has 0 radical (unpaired) electrons. The Morgan fingerprint density at radius 3 is 2.76 bits per heavy atom. The number of benzene rings is 1. The molecule has 0 aliphatic carbocycles. The highest BCUT2D eigenvalue weighted by atomic mass is 19.2. The zero-order valence-corrected chi connectivity index (χ0v) is 9.45. The van der Waals surface area contributed by atoms with E-state index < -0.39 is 17.7 Å². The van der Waals surface area contributed by atoms with Gasteiger partial charge in [-0.05, 0) is 24.1 Å². The molecule has 0 unspecified atom stereocenters. The molecule has 0 N–H and O–H groups in total. The van der Waals surface area contributed by atoms with Crippen LogP contribution in [0.15, 0.2) is 18.2 Å². The maximum absolute atomic E-state index is 13.0. The minimum Gasteiger partial charge on any atom is -0.444 e. The molecule has 0 aromatic heterocycles. The predicted molar refractivity (Wildman–Crippen MR) is 57.3 cm³/mol. The molecule has 0 bridgehead atoms. The standard InChI is InChI=1S/C12H13F2NO2/c1-2-9-7-15(12(16)17-9)6-8-3-4-10(13)11(14)5-8/h3-5,9H,2,6-7H2,1H3/t9-/m1/s1. The molecule has 3 nitrogen and oxygen atoms in total. The third kappa shape index (κ3) is 2.54. The molecule has 0 spiro atoms. The van der Waals surface area contributed by atoms with Gasteiger partial charge in [-0.2, -0.15) is 0 Å². The number of hydrogen-bond acceptors (Lipinski definition) is 2. The maximum Gasteiger partial charge on any atom is 0.410 e. The molecule has 1 aromatic carbocycles. The summed E-state index contributed by atoms with van der Waals surface area (Å²) in [6, 6.07) is 3.62. The van der Waals surface area contributed by atoms with Crippen molar-refractivity contribution in [3.8, 4) is 0 Å². The van der Waals surface area contributed by atoms with Gasteiger partial charge >= 0.3 is 6.09 Å². The van der Waals surface area contributed by atoms with E-state index in [2.05, 4.69) is 0 Å². The summed E-state index contributed by atoms with van der Waals surface area (Å²) in [7, 11) is 0. The first-order valence-corrected chi connectivity index (χ1v) is 5.49. The summed E-state index contributed by atoms with van der Waals surface area (Å²) < 4.78 is 30.8. The van der Waals surface area contributed by atoms with Gasteiger partial charge in [-0.1, -0.05) is 13.0 Å². The van der Waals surface area contributed by atoms with Gasteiger partial charge in [-0.25, -0.2) is 13.6 Å². The van der Waals surface area contributed by atoms with Crippen molar-refractivity contribution in [1.29, 1.82) is 0 Å². The molecule has 92 valence electrons. The molecule has 1 fully saturated rings. The maximum atomic E-state index is 13.0. The van der Waals surface area contributed by atoms with Crippen LogP contribution in [0.3, 0.4) is 0 Å². The smallest absolute Gasteiger partial charge is 0.410 e. The molecule has 1 saturated heterocycles. The highest BCUT2D eigenvalue weighted by Gasteiger charge is 2.29. The van der Waals surface area contributed by atoms with Crippen molar-refractivity contribution in [2.45, 2.75) is 26.0 Å². The van der Waals surface area contributed by atoms with Crippen molar-refractivity contribution < 1.29 is 18.3 Å². The van der Waals surface area contributed by atoms with Crippen LogP contribution in [0.1, 0.15) is 18.9 Å². The van der Waals surface area contributed by atoms with Gasteiger partial charge in [0, 0.05) is 6.54 Å². The Morgan fingerprint density at radius 1 is 1.41 bits per heavy atom. The quantitative estimate of drug-likeness (QED) is 0.814. The lowest BCUT2D eigenvalue weighted by Gasteiger charge is -2.12. The minimum atomic E-state index is -0.901. The third-order valence-corrected chi connectivity index (χ3v) is 2.76. The first kappa shape index (κ1) is 11.8. The molecule has 1 atom stereocenters. The summed E-state index contributed by atoms with van der Waals surface area (Å²) >= 11 is 0. The summed E-state index contributed by atoms with van der Waals surface area (Å²) in [5, 5.41) is 0. The average molecular weight is 241 g/mol. The highest BCUT2D eigenvalue weighted by molar-refractivity contribution is 5.69. The van der Waals surface area contributed by atoms with Crippen LogP contribution in [0.25, 0.3) is 0 Å². The fourth-order valence-electron chi connectivity index (χ4n) is 1.77. The molecule has 1 aliphatic rings. The van der Waals surface area contributed by atoms with Crippen molar-refractivity contribution in [2.24, 2.45) is 0 Å². The van der Waals surface area contributed by atoms with Gasteiger partial charge in [-0.3, -0.25) is 0 Å². The van der Waals surface area contributed by atoms with Gasteiger partial charge in [0.15, 0.2) is 11.6 Å². The number of carbonyl (C=O) groups is 1. The Bertz CT molecular complexity index is 437. The first-order valence-electron chi connectivity index (χ1n) is 5.49. The fourth-order valence-corrected chi connectivity index (χ4v) is 1.77. The van der Waals surface area contributed by atoms with E-state index in [0.717, 1.165) is 18.6 Å². The van der Waals surface area contributed by atoms with Crippen molar-refractivity contribution in [1.82, 2.24) is 4.90 Å². The van der Waals surface area contributed by atoms with Crippen LogP contribution in [-0.2, 0) is 11.3 Å². The van der Waals surface area contributed by atoms with Gasteiger partial charge in [0.1, 0.15) is 6.10 Å². The van der Waals surface area contributed by atoms with Gasteiger partial charge < -0.3 is 9.64 Å². The van der Waals surface area contributed by atoms with Crippen molar-refractivity contribution >= 4 is 6.09 Å². The zero-order valence-electron chi connectivity index (χ0n) is 9.45. The van der Waals surface area contributed by atoms with Crippen molar-refractivity contribution in [3.05, 3.63) is 35.4 Å². The number of cyclic esters (lactones) is 1. The van der Waals surface area contributed by atoms with Crippen LogP contribution in [0.2, 0.25) is 0 Å². The zero-order chi connectivity index (χ0) is 12.4. The Balaban J connectivity index is 2.06. The fraction of sp³-hybridized carbons (Fsp3) is 0.417. The number of ether oxygens (including phenoxy) is 1. The van der Waals surface area contributed by atoms with Gasteiger partial charge in [-0.15, -0.1) is 0 Å². The van der Waals surface area contributed by atoms with Crippen LogP contribution in [0.5, 0.6) is 0 Å². The van der Waals surface area contributed by atoms with Gasteiger partial charge in [0.25, 0.3) is 0 Å². The monoisotopic (exact) mass is 241 g/mol. The Labute approximate surface area is 98.0 Å². The molecule has 1 heterocycles. The summed E-state index contributed by atoms with van der Waals surface area (Å²) in [6.45, 7) is 2.67. The van der Waals surface area contributed by atoms with E-state index in [4.69, 9.17) is 4.74 Å². The first-order chi connectivity index (χ1) is 8.10. The van der Waals surface area contributed by atoms with E-state index in [-0.39, 0.29) is 12.6 Å². The summed E-state index contributed by atoms with van der Waals surface area (Å²) in [5.74, 6) is -1.79. The van der Waals surface area contributed by atoms with Crippen LogP contribution in [0.4, 0.5) is 13.6 Å². The lowest BCUT2D eigenvalue weighted by Crippen LogP contribution is -2.24. The molecule has 1 aliphatic heterocycles. The largest absolute Gasteiger partial charge is 0.444 e. The molecule has 1 aromatic rings. The number of carbonyl (C=O) groups excluding carboxylic acids is 1. The topological polar surface area (TPSA) is 29.5 Å². The molecule has 0 saturated carbocycles. The Hall–Kier alpha value is -1.65. The van der Waals surface area contributed by atoms with Gasteiger partial charge in [0.05, 0.1) is 6.54 Å². The molecule has 17 heavy (non-hydrogen) atoms. The summed E-state index contributed by atoms with van der Waals surface area (Å²) in [5.41, 5.74) is 0.553. The van der Waals surface area contributed by atoms with E-state index >= 15 is 0 Å². The second-order valence-electron chi connectivity index (χ2n) is 4.04. The number of rotatable bonds is 3. The van der Waals surface area contributed by atoms with Crippen LogP contribution < -0.4 is 0 Å². The molecule has 5 heteroatoms. The van der Waals surface area contributed by atoms with Gasteiger partial charge in [0.2, 0.25) is 0 Å². The number of halogens is 2. The van der Waals surface area contributed by atoms with Crippen LogP contribution >= 0.6 is 0 Å². The lowest BCUT2D eigenvalue weighted by molar-refractivity contribution is 0.130. The molecule has 1 amide bonds. The minimum absolute atomic E-state index is 0.104. The van der Waals surface area contributed by atoms with E-state index in [9.17, 15) is 13.6 Å². The Kier molecular flexibility index (Phi) is 3.26. The number of hydrogen-bond donors (Lipinski definition) is 0. The number of amides is 1. The normalized spacial score (nSPS) is 19.6. The predicted octanol–water partition coefficient (Wildman–Crippen LogP) is 2.70. The summed E-state index contributed by atoms with van der Waals surface area (Å²) in [6.07, 6.45) is 0.245. The van der Waals surface area contributed by atoms with E-state index in [1.54, 1.807) is 0 Å². The van der Waals surface area contributed by atoms with Crippen LogP contribution in [-0.4, -0.2) is 23.6 Å².